The van der Waals surface area contributed by atoms with Crippen LogP contribution < -0.4 is 10.6 Å². The topological polar surface area (TPSA) is 59.1 Å². The van der Waals surface area contributed by atoms with Crippen molar-refractivity contribution in [2.75, 3.05) is 37.4 Å². The average molecular weight is 280 g/mol. The van der Waals surface area contributed by atoms with Gasteiger partial charge in [-0.2, -0.15) is 0 Å². The van der Waals surface area contributed by atoms with E-state index < -0.39 is 0 Å². The van der Waals surface area contributed by atoms with Gasteiger partial charge in [0.05, 0.1) is 0 Å². The summed E-state index contributed by atoms with van der Waals surface area (Å²) in [6.07, 6.45) is 2.04. The summed E-state index contributed by atoms with van der Waals surface area (Å²) < 4.78 is 5.05. The van der Waals surface area contributed by atoms with E-state index in [2.05, 4.69) is 48.3 Å². The number of hydrogen-bond donors (Lipinski definition) is 2. The molecule has 0 unspecified atom stereocenters. The molecule has 0 amide bonds. The first-order chi connectivity index (χ1) is 9.47. The zero-order chi connectivity index (χ0) is 15.0. The van der Waals surface area contributed by atoms with Crippen LogP contribution in [0.4, 0.5) is 11.6 Å². The smallest absolute Gasteiger partial charge is 0.138 e. The molecule has 5 heteroatoms. The van der Waals surface area contributed by atoms with E-state index >= 15 is 0 Å². The molecule has 0 aromatic carbocycles. The van der Waals surface area contributed by atoms with Crippen molar-refractivity contribution in [1.29, 1.82) is 0 Å². The molecule has 0 aliphatic carbocycles. The quantitative estimate of drug-likeness (QED) is 0.717. The van der Waals surface area contributed by atoms with Gasteiger partial charge in [0, 0.05) is 38.3 Å². The van der Waals surface area contributed by atoms with E-state index in [0.717, 1.165) is 50.0 Å². The molecule has 1 aromatic rings. The van der Waals surface area contributed by atoms with Crippen LogP contribution in [0.3, 0.4) is 0 Å². The summed E-state index contributed by atoms with van der Waals surface area (Å²) in [5.41, 5.74) is -0.0626. The molecule has 0 aliphatic rings. The fourth-order valence-electron chi connectivity index (χ4n) is 1.65. The van der Waals surface area contributed by atoms with Gasteiger partial charge < -0.3 is 15.4 Å². The zero-order valence-electron chi connectivity index (χ0n) is 13.4. The summed E-state index contributed by atoms with van der Waals surface area (Å²) in [6.45, 7) is 11.0. The molecule has 0 radical (unpaired) electrons. The second kappa shape index (κ2) is 8.04. The predicted octanol–water partition coefficient (Wildman–Crippen LogP) is 3.04. The van der Waals surface area contributed by atoms with Crippen molar-refractivity contribution in [2.24, 2.45) is 0 Å². The van der Waals surface area contributed by atoms with Crippen molar-refractivity contribution in [3.63, 3.8) is 0 Å². The van der Waals surface area contributed by atoms with Gasteiger partial charge in [-0.05, 0) is 12.8 Å². The van der Waals surface area contributed by atoms with Crippen molar-refractivity contribution in [3.8, 4) is 0 Å². The Labute approximate surface area is 122 Å². The van der Waals surface area contributed by atoms with Crippen molar-refractivity contribution >= 4 is 11.6 Å². The Morgan fingerprint density at radius 2 is 1.70 bits per heavy atom. The summed E-state index contributed by atoms with van der Waals surface area (Å²) in [6, 6.07) is 1.97. The van der Waals surface area contributed by atoms with Gasteiger partial charge in [-0.25, -0.2) is 9.97 Å². The molecular weight excluding hydrogens is 252 g/mol. The third kappa shape index (κ3) is 5.74. The fraction of sp³-hybridized carbons (Fsp3) is 0.733. The highest BCUT2D eigenvalue weighted by Gasteiger charge is 2.19. The Hall–Kier alpha value is -1.36. The van der Waals surface area contributed by atoms with Crippen LogP contribution >= 0.6 is 0 Å². The summed E-state index contributed by atoms with van der Waals surface area (Å²) in [5.74, 6) is 2.62. The van der Waals surface area contributed by atoms with Gasteiger partial charge in [-0.15, -0.1) is 0 Å². The summed E-state index contributed by atoms with van der Waals surface area (Å²) >= 11 is 0. The maximum Gasteiger partial charge on any atom is 0.138 e. The van der Waals surface area contributed by atoms with E-state index in [-0.39, 0.29) is 5.41 Å². The standard InChI is InChI=1S/C15H28N4O/c1-6-8-16-12-11-13(17-9-7-10-20-5)19-14(18-12)15(2,3)4/h11H,6-10H2,1-5H3,(H2,16,17,18,19). The van der Waals surface area contributed by atoms with E-state index in [1.54, 1.807) is 7.11 Å². The average Bonchev–Trinajstić information content (AvgIpc) is 2.40. The Kier molecular flexibility index (Phi) is 6.71. The van der Waals surface area contributed by atoms with Gasteiger partial charge in [0.2, 0.25) is 0 Å². The SMILES string of the molecule is CCCNc1cc(NCCCOC)nc(C(C)(C)C)n1. The highest BCUT2D eigenvalue weighted by atomic mass is 16.5. The van der Waals surface area contributed by atoms with Gasteiger partial charge in [0.1, 0.15) is 17.5 Å². The molecule has 1 aromatic heterocycles. The van der Waals surface area contributed by atoms with Crippen LogP contribution in [0.2, 0.25) is 0 Å². The lowest BCUT2D eigenvalue weighted by atomic mass is 9.96. The molecule has 0 saturated heterocycles. The van der Waals surface area contributed by atoms with Crippen LogP contribution in [0.5, 0.6) is 0 Å². The third-order valence-electron chi connectivity index (χ3n) is 2.78. The molecule has 0 saturated carbocycles. The first kappa shape index (κ1) is 16.7. The monoisotopic (exact) mass is 280 g/mol. The predicted molar refractivity (Wildman–Crippen MR) is 84.5 cm³/mol. The van der Waals surface area contributed by atoms with Crippen molar-refractivity contribution in [1.82, 2.24) is 9.97 Å². The number of methoxy groups -OCH3 is 1. The lowest BCUT2D eigenvalue weighted by molar-refractivity contribution is 0.197. The van der Waals surface area contributed by atoms with Crippen molar-refractivity contribution in [3.05, 3.63) is 11.9 Å². The molecule has 5 nitrogen and oxygen atoms in total. The minimum absolute atomic E-state index is 0.0626. The van der Waals surface area contributed by atoms with E-state index in [4.69, 9.17) is 4.74 Å². The molecule has 0 atom stereocenters. The third-order valence-corrected chi connectivity index (χ3v) is 2.78. The number of nitrogens with zero attached hydrogens (tertiary/aromatic N) is 2. The van der Waals surface area contributed by atoms with E-state index in [9.17, 15) is 0 Å². The summed E-state index contributed by atoms with van der Waals surface area (Å²) in [7, 11) is 1.72. The van der Waals surface area contributed by atoms with Gasteiger partial charge in [0.25, 0.3) is 0 Å². The minimum atomic E-state index is -0.0626. The number of hydrogen-bond acceptors (Lipinski definition) is 5. The summed E-state index contributed by atoms with van der Waals surface area (Å²) in [5, 5.41) is 6.67. The highest BCUT2D eigenvalue weighted by Crippen LogP contribution is 2.22. The van der Waals surface area contributed by atoms with Crippen LogP contribution in [0.1, 0.15) is 46.4 Å². The Morgan fingerprint density at radius 1 is 1.10 bits per heavy atom. The number of nitrogens with one attached hydrogen (secondary N) is 2. The largest absolute Gasteiger partial charge is 0.385 e. The molecule has 0 spiro atoms. The normalized spacial score (nSPS) is 11.4. The molecule has 2 N–H and O–H groups in total. The second-order valence-electron chi connectivity index (χ2n) is 5.91. The fourth-order valence-corrected chi connectivity index (χ4v) is 1.65. The first-order valence-electron chi connectivity index (χ1n) is 7.33. The van der Waals surface area contributed by atoms with Crippen LogP contribution in [-0.4, -0.2) is 36.8 Å². The first-order valence-corrected chi connectivity index (χ1v) is 7.33. The molecule has 1 rings (SSSR count). The Bertz CT molecular complexity index is 401. The van der Waals surface area contributed by atoms with Crippen LogP contribution in [-0.2, 0) is 10.2 Å². The Balaban J connectivity index is 2.80. The zero-order valence-corrected chi connectivity index (χ0v) is 13.4. The van der Waals surface area contributed by atoms with Crippen LogP contribution in [0.15, 0.2) is 6.07 Å². The van der Waals surface area contributed by atoms with Gasteiger partial charge in [0.15, 0.2) is 0 Å². The molecule has 0 bridgehead atoms. The van der Waals surface area contributed by atoms with E-state index in [0.29, 0.717) is 0 Å². The van der Waals surface area contributed by atoms with Crippen molar-refractivity contribution < 1.29 is 4.74 Å². The van der Waals surface area contributed by atoms with E-state index in [1.165, 1.54) is 0 Å². The van der Waals surface area contributed by atoms with Crippen LogP contribution in [0, 0.1) is 0 Å². The Morgan fingerprint density at radius 3 is 2.20 bits per heavy atom. The van der Waals surface area contributed by atoms with E-state index in [1.807, 2.05) is 6.07 Å². The number of anilines is 2. The molecular formula is C15H28N4O. The maximum absolute atomic E-state index is 5.05. The van der Waals surface area contributed by atoms with Crippen molar-refractivity contribution in [2.45, 2.75) is 46.0 Å². The maximum atomic E-state index is 5.05. The number of rotatable bonds is 8. The van der Waals surface area contributed by atoms with Gasteiger partial charge in [-0.1, -0.05) is 27.7 Å². The lowest BCUT2D eigenvalue weighted by Crippen LogP contribution is -2.19. The molecule has 0 aliphatic heterocycles. The highest BCUT2D eigenvalue weighted by molar-refractivity contribution is 5.48. The molecule has 20 heavy (non-hydrogen) atoms. The van der Waals surface area contributed by atoms with Gasteiger partial charge >= 0.3 is 0 Å². The summed E-state index contributed by atoms with van der Waals surface area (Å²) in [4.78, 5) is 9.21. The number of aromatic nitrogens is 2. The number of ether oxygens (including phenoxy) is 1. The lowest BCUT2D eigenvalue weighted by Gasteiger charge is -2.19. The van der Waals surface area contributed by atoms with Crippen LogP contribution in [0.25, 0.3) is 0 Å². The molecule has 114 valence electrons. The molecule has 1 heterocycles. The second-order valence-corrected chi connectivity index (χ2v) is 5.91. The van der Waals surface area contributed by atoms with Gasteiger partial charge in [-0.3, -0.25) is 0 Å². The molecule has 0 fully saturated rings. The minimum Gasteiger partial charge on any atom is -0.385 e.